The summed E-state index contributed by atoms with van der Waals surface area (Å²) in [7, 11) is -3.74. The molecule has 2 aromatic heterocycles. The number of carbonyl (C=O) groups excluding carboxylic acids is 1. The number of ether oxygens (including phenoxy) is 2. The average molecular weight is 408 g/mol. The van der Waals surface area contributed by atoms with Gasteiger partial charge >= 0.3 is 5.97 Å². The van der Waals surface area contributed by atoms with Crippen LogP contribution in [0.4, 0.5) is 5.82 Å². The van der Waals surface area contributed by atoms with Crippen molar-refractivity contribution in [2.75, 3.05) is 37.8 Å². The number of pyridine rings is 1. The summed E-state index contributed by atoms with van der Waals surface area (Å²) in [5.74, 6) is 0.0831. The summed E-state index contributed by atoms with van der Waals surface area (Å²) in [4.78, 5) is 14.5. The molecule has 0 aromatic carbocycles. The Bertz CT molecular complexity index is 1010. The van der Waals surface area contributed by atoms with Gasteiger partial charge in [-0.1, -0.05) is 0 Å². The van der Waals surface area contributed by atoms with Crippen LogP contribution in [-0.4, -0.2) is 62.5 Å². The average Bonchev–Trinajstić information content (AvgIpc) is 3.22. The van der Waals surface area contributed by atoms with Crippen LogP contribution < -0.4 is 9.62 Å². The van der Waals surface area contributed by atoms with Gasteiger partial charge in [-0.2, -0.15) is 5.10 Å². The molecule has 28 heavy (non-hydrogen) atoms. The highest BCUT2D eigenvalue weighted by molar-refractivity contribution is 7.89. The normalized spacial score (nSPS) is 19.0. The van der Waals surface area contributed by atoms with Gasteiger partial charge in [0.1, 0.15) is 11.4 Å². The molecule has 152 valence electrons. The second kappa shape index (κ2) is 7.02. The van der Waals surface area contributed by atoms with E-state index >= 15 is 0 Å². The first kappa shape index (κ1) is 19.2. The molecule has 0 radical (unpaired) electrons. The molecule has 1 aliphatic carbocycles. The fourth-order valence-corrected chi connectivity index (χ4v) is 4.75. The summed E-state index contributed by atoms with van der Waals surface area (Å²) in [6.07, 6.45) is 3.04. The molecule has 0 atom stereocenters. The predicted molar refractivity (Wildman–Crippen MR) is 102 cm³/mol. The van der Waals surface area contributed by atoms with Crippen LogP contribution in [-0.2, 0) is 19.5 Å². The number of anilines is 1. The van der Waals surface area contributed by atoms with Gasteiger partial charge in [-0.3, -0.25) is 0 Å². The van der Waals surface area contributed by atoms with Gasteiger partial charge in [-0.15, -0.1) is 0 Å². The first-order valence-electron chi connectivity index (χ1n) is 9.38. The van der Waals surface area contributed by atoms with Crippen LogP contribution >= 0.6 is 0 Å². The van der Waals surface area contributed by atoms with E-state index in [0.717, 1.165) is 12.8 Å². The van der Waals surface area contributed by atoms with E-state index in [1.807, 2.05) is 11.8 Å². The van der Waals surface area contributed by atoms with Gasteiger partial charge in [0.15, 0.2) is 0 Å². The maximum absolute atomic E-state index is 13.0. The quantitative estimate of drug-likeness (QED) is 0.716. The van der Waals surface area contributed by atoms with Crippen molar-refractivity contribution in [3.63, 3.8) is 0 Å². The van der Waals surface area contributed by atoms with E-state index in [2.05, 4.69) is 9.82 Å². The molecule has 1 N–H and O–H groups in total. The number of hydrogen-bond acceptors (Lipinski definition) is 7. The second-order valence-electron chi connectivity index (χ2n) is 7.39. The Kier molecular flexibility index (Phi) is 4.80. The van der Waals surface area contributed by atoms with E-state index in [1.165, 1.54) is 12.3 Å². The van der Waals surface area contributed by atoms with Crippen LogP contribution in [0.2, 0.25) is 0 Å². The molecule has 1 aliphatic heterocycles. The van der Waals surface area contributed by atoms with Crippen molar-refractivity contribution in [1.29, 1.82) is 0 Å². The summed E-state index contributed by atoms with van der Waals surface area (Å²) in [5.41, 5.74) is 0.253. The van der Waals surface area contributed by atoms with Crippen molar-refractivity contribution in [2.24, 2.45) is 0 Å². The third-order valence-corrected chi connectivity index (χ3v) is 6.71. The molecule has 2 fully saturated rings. The maximum atomic E-state index is 13.0. The van der Waals surface area contributed by atoms with Crippen LogP contribution in [0.5, 0.6) is 0 Å². The van der Waals surface area contributed by atoms with Gasteiger partial charge in [0.25, 0.3) is 0 Å². The Hall–Kier alpha value is -2.17. The molecule has 2 aliphatic rings. The largest absolute Gasteiger partial charge is 0.462 e. The number of esters is 1. The van der Waals surface area contributed by atoms with Gasteiger partial charge in [0.05, 0.1) is 36.4 Å². The summed E-state index contributed by atoms with van der Waals surface area (Å²) in [5, 5.41) is 4.33. The highest BCUT2D eigenvalue weighted by Gasteiger charge is 2.41. The minimum Gasteiger partial charge on any atom is -0.462 e. The Balaban J connectivity index is 1.85. The fourth-order valence-electron chi connectivity index (χ4n) is 3.26. The van der Waals surface area contributed by atoms with Crippen molar-refractivity contribution in [3.8, 4) is 0 Å². The number of aromatic nitrogens is 2. The van der Waals surface area contributed by atoms with E-state index in [4.69, 9.17) is 9.47 Å². The number of rotatable bonds is 6. The molecule has 2 aromatic rings. The first-order valence-corrected chi connectivity index (χ1v) is 10.9. The van der Waals surface area contributed by atoms with Gasteiger partial charge in [-0.25, -0.2) is 22.4 Å². The lowest BCUT2D eigenvalue weighted by molar-refractivity contribution is 0.0528. The third-order valence-electron chi connectivity index (χ3n) is 5.10. The SMILES string of the molecule is CCOC(=O)c1cnn2c(N3CCOCC3)cc(S(=O)(=O)NC3(C)CC3)cc12. The van der Waals surface area contributed by atoms with Crippen LogP contribution in [0.1, 0.15) is 37.0 Å². The molecular formula is C18H24N4O5S. The van der Waals surface area contributed by atoms with Crippen LogP contribution in [0.25, 0.3) is 5.52 Å². The van der Waals surface area contributed by atoms with Crippen molar-refractivity contribution < 1.29 is 22.7 Å². The van der Waals surface area contributed by atoms with E-state index in [-0.39, 0.29) is 17.1 Å². The Morgan fingerprint density at radius 1 is 1.32 bits per heavy atom. The summed E-state index contributed by atoms with van der Waals surface area (Å²) < 4.78 is 40.9. The molecule has 1 saturated carbocycles. The third kappa shape index (κ3) is 3.59. The lowest BCUT2D eigenvalue weighted by Gasteiger charge is -2.29. The molecule has 0 amide bonds. The maximum Gasteiger partial charge on any atom is 0.341 e. The van der Waals surface area contributed by atoms with Crippen LogP contribution in [0.15, 0.2) is 23.2 Å². The van der Waals surface area contributed by atoms with Crippen LogP contribution in [0.3, 0.4) is 0 Å². The van der Waals surface area contributed by atoms with Crippen LogP contribution in [0, 0.1) is 0 Å². The first-order chi connectivity index (χ1) is 13.3. The molecule has 4 rings (SSSR count). The Morgan fingerprint density at radius 3 is 2.68 bits per heavy atom. The molecule has 0 unspecified atom stereocenters. The van der Waals surface area contributed by atoms with Gasteiger partial charge in [-0.05, 0) is 32.8 Å². The van der Waals surface area contributed by atoms with Gasteiger partial charge in [0.2, 0.25) is 10.0 Å². The zero-order valence-electron chi connectivity index (χ0n) is 16.0. The number of carbonyl (C=O) groups is 1. The van der Waals surface area contributed by atoms with Crippen molar-refractivity contribution in [1.82, 2.24) is 14.3 Å². The number of fused-ring (bicyclic) bond motifs is 1. The molecule has 3 heterocycles. The zero-order valence-corrected chi connectivity index (χ0v) is 16.8. The Labute approximate surface area is 163 Å². The predicted octanol–water partition coefficient (Wildman–Crippen LogP) is 1.18. The smallest absolute Gasteiger partial charge is 0.341 e. The molecular weight excluding hydrogens is 384 g/mol. The standard InChI is InChI=1S/C18H24N4O5S/c1-3-27-17(23)14-12-19-22-15(14)10-13(28(24,25)20-18(2)4-5-18)11-16(22)21-6-8-26-9-7-21/h10-12,20H,3-9H2,1-2H3. The van der Waals surface area contributed by atoms with Gasteiger partial charge < -0.3 is 14.4 Å². The van der Waals surface area contributed by atoms with E-state index < -0.39 is 21.5 Å². The number of nitrogens with one attached hydrogen (secondary N) is 1. The lowest BCUT2D eigenvalue weighted by Crippen LogP contribution is -2.38. The van der Waals surface area contributed by atoms with E-state index in [9.17, 15) is 13.2 Å². The van der Waals surface area contributed by atoms with Crippen molar-refractivity contribution in [3.05, 3.63) is 23.9 Å². The minimum absolute atomic E-state index is 0.112. The Morgan fingerprint density at radius 2 is 2.04 bits per heavy atom. The monoisotopic (exact) mass is 408 g/mol. The summed E-state index contributed by atoms with van der Waals surface area (Å²) in [6, 6.07) is 3.09. The number of morpholine rings is 1. The number of nitrogens with zero attached hydrogens (tertiary/aromatic N) is 3. The fraction of sp³-hybridized carbons (Fsp3) is 0.556. The molecule has 9 nitrogen and oxygen atoms in total. The summed E-state index contributed by atoms with van der Waals surface area (Å²) >= 11 is 0. The van der Waals surface area contributed by atoms with E-state index in [0.29, 0.717) is 37.6 Å². The van der Waals surface area contributed by atoms with E-state index in [1.54, 1.807) is 17.5 Å². The number of sulfonamides is 1. The van der Waals surface area contributed by atoms with Crippen molar-refractivity contribution in [2.45, 2.75) is 37.1 Å². The molecule has 0 spiro atoms. The minimum atomic E-state index is -3.74. The lowest BCUT2D eigenvalue weighted by atomic mass is 10.2. The molecule has 1 saturated heterocycles. The highest BCUT2D eigenvalue weighted by Crippen LogP contribution is 2.36. The second-order valence-corrected chi connectivity index (χ2v) is 9.07. The molecule has 0 bridgehead atoms. The number of hydrogen-bond donors (Lipinski definition) is 1. The highest BCUT2D eigenvalue weighted by atomic mass is 32.2. The topological polar surface area (TPSA) is 102 Å². The van der Waals surface area contributed by atoms with Gasteiger partial charge in [0, 0.05) is 24.7 Å². The summed E-state index contributed by atoms with van der Waals surface area (Å²) in [6.45, 7) is 6.14. The zero-order chi connectivity index (χ0) is 19.9. The van der Waals surface area contributed by atoms with Crippen molar-refractivity contribution >= 4 is 27.3 Å². The molecule has 10 heteroatoms.